The number of carboxylic acid groups (broad SMARTS) is 1. The van der Waals surface area contributed by atoms with Crippen LogP contribution in [0.2, 0.25) is 0 Å². The molecule has 2 N–H and O–H groups in total. The van der Waals surface area contributed by atoms with Crippen molar-refractivity contribution in [2.75, 3.05) is 4.90 Å². The Bertz CT molecular complexity index is 845. The Balaban J connectivity index is 2.01. The van der Waals surface area contributed by atoms with Crippen LogP contribution in [0.5, 0.6) is 0 Å². The van der Waals surface area contributed by atoms with Crippen LogP contribution in [-0.4, -0.2) is 34.2 Å². The molecule has 1 aliphatic carbocycles. The van der Waals surface area contributed by atoms with Gasteiger partial charge in [0.15, 0.2) is 0 Å². The van der Waals surface area contributed by atoms with E-state index < -0.39 is 18.0 Å². The lowest BCUT2D eigenvalue weighted by Crippen LogP contribution is -2.46. The van der Waals surface area contributed by atoms with Gasteiger partial charge in [0.2, 0.25) is 5.91 Å². The Kier molecular flexibility index (Phi) is 6.20. The van der Waals surface area contributed by atoms with Crippen LogP contribution < -0.4 is 4.90 Å². The minimum atomic E-state index is -1.04. The Morgan fingerprint density at radius 2 is 1.86 bits per heavy atom. The molecule has 1 fully saturated rings. The number of amides is 1. The Morgan fingerprint density at radius 1 is 1.18 bits per heavy atom. The molecule has 0 bridgehead atoms. The monoisotopic (exact) mass is 401 g/mol. The van der Waals surface area contributed by atoms with E-state index >= 15 is 0 Å². The minimum Gasteiger partial charge on any atom is -0.477 e. The van der Waals surface area contributed by atoms with Gasteiger partial charge in [-0.2, -0.15) is 0 Å². The topological polar surface area (TPSA) is 77.8 Å². The molecule has 0 spiro atoms. The summed E-state index contributed by atoms with van der Waals surface area (Å²) < 4.78 is 0. The molecule has 1 saturated carbocycles. The quantitative estimate of drug-likeness (QED) is 0.764. The highest BCUT2D eigenvalue weighted by Gasteiger charge is 2.38. The second-order valence-corrected chi connectivity index (χ2v) is 8.94. The number of hydrogen-bond acceptors (Lipinski definition) is 4. The highest BCUT2D eigenvalue weighted by Crippen LogP contribution is 2.39. The highest BCUT2D eigenvalue weighted by atomic mass is 32.1. The average molecular weight is 402 g/mol. The van der Waals surface area contributed by atoms with E-state index in [9.17, 15) is 19.8 Å². The molecule has 0 saturated heterocycles. The van der Waals surface area contributed by atoms with E-state index in [4.69, 9.17) is 0 Å². The van der Waals surface area contributed by atoms with Crippen LogP contribution in [0.15, 0.2) is 36.4 Å². The van der Waals surface area contributed by atoms with Crippen LogP contribution in [0, 0.1) is 11.8 Å². The predicted octanol–water partition coefficient (Wildman–Crippen LogP) is 4.65. The first-order valence-electron chi connectivity index (χ1n) is 9.73. The number of aliphatic hydroxyl groups is 1. The summed E-state index contributed by atoms with van der Waals surface area (Å²) >= 11 is 1.18. The lowest BCUT2D eigenvalue weighted by atomic mass is 9.80. The lowest BCUT2D eigenvalue weighted by molar-refractivity contribution is -0.128. The molecule has 1 amide bonds. The summed E-state index contributed by atoms with van der Waals surface area (Å²) in [6.07, 6.45) is 1.44. The fourth-order valence-corrected chi connectivity index (χ4v) is 4.92. The number of carbonyl (C=O) groups is 2. The van der Waals surface area contributed by atoms with Gasteiger partial charge in [-0.15, -0.1) is 11.3 Å². The van der Waals surface area contributed by atoms with Crippen LogP contribution in [0.4, 0.5) is 5.69 Å². The van der Waals surface area contributed by atoms with Crippen molar-refractivity contribution in [2.45, 2.75) is 52.2 Å². The first-order valence-corrected chi connectivity index (χ1v) is 10.5. The summed E-state index contributed by atoms with van der Waals surface area (Å²) in [5, 5.41) is 20.2. The number of thiophene rings is 1. The van der Waals surface area contributed by atoms with Gasteiger partial charge in [0.25, 0.3) is 0 Å². The van der Waals surface area contributed by atoms with Crippen molar-refractivity contribution in [2.24, 2.45) is 11.8 Å². The minimum absolute atomic E-state index is 0.152. The van der Waals surface area contributed by atoms with Gasteiger partial charge in [0.1, 0.15) is 4.88 Å². The number of carboxylic acids is 1. The lowest BCUT2D eigenvalue weighted by Gasteiger charge is -2.36. The smallest absolute Gasteiger partial charge is 0.348 e. The molecule has 1 aromatic heterocycles. The van der Waals surface area contributed by atoms with E-state index in [1.807, 2.05) is 44.2 Å². The first-order chi connectivity index (χ1) is 13.3. The van der Waals surface area contributed by atoms with Gasteiger partial charge >= 0.3 is 5.97 Å². The number of benzene rings is 1. The molecule has 28 heavy (non-hydrogen) atoms. The molecule has 0 radical (unpaired) electrons. The number of rotatable bonds is 5. The van der Waals surface area contributed by atoms with Crippen molar-refractivity contribution in [1.82, 2.24) is 0 Å². The molecule has 1 aliphatic rings. The molecule has 6 heteroatoms. The first kappa shape index (κ1) is 20.6. The molecular formula is C22H27NO4S. The van der Waals surface area contributed by atoms with Crippen molar-refractivity contribution in [3.63, 3.8) is 0 Å². The molecule has 1 aromatic carbocycles. The van der Waals surface area contributed by atoms with Gasteiger partial charge in [-0.3, -0.25) is 4.79 Å². The summed E-state index contributed by atoms with van der Waals surface area (Å²) in [6.45, 7) is 5.83. The van der Waals surface area contributed by atoms with Gasteiger partial charge in [-0.05, 0) is 50.7 Å². The number of carbonyl (C=O) groups excluding carboxylic acids is 1. The zero-order chi connectivity index (χ0) is 20.4. The third-order valence-corrected chi connectivity index (χ3v) is 6.54. The zero-order valence-electron chi connectivity index (χ0n) is 16.5. The number of aliphatic hydroxyl groups excluding tert-OH is 1. The predicted molar refractivity (Wildman–Crippen MR) is 112 cm³/mol. The van der Waals surface area contributed by atoms with Crippen LogP contribution >= 0.6 is 11.3 Å². The van der Waals surface area contributed by atoms with E-state index in [1.54, 1.807) is 11.0 Å². The van der Waals surface area contributed by atoms with Gasteiger partial charge < -0.3 is 15.1 Å². The number of nitrogens with zero attached hydrogens (tertiary/aromatic N) is 1. The van der Waals surface area contributed by atoms with E-state index in [-0.39, 0.29) is 16.8 Å². The Morgan fingerprint density at radius 3 is 2.43 bits per heavy atom. The van der Waals surface area contributed by atoms with Crippen molar-refractivity contribution in [3.8, 4) is 10.4 Å². The van der Waals surface area contributed by atoms with Gasteiger partial charge in [-0.1, -0.05) is 37.3 Å². The number of hydrogen-bond donors (Lipinski definition) is 2. The van der Waals surface area contributed by atoms with Crippen molar-refractivity contribution >= 4 is 28.9 Å². The van der Waals surface area contributed by atoms with Gasteiger partial charge in [-0.25, -0.2) is 4.79 Å². The van der Waals surface area contributed by atoms with E-state index in [0.29, 0.717) is 24.4 Å². The maximum Gasteiger partial charge on any atom is 0.348 e. The number of anilines is 1. The Labute approximate surface area is 169 Å². The molecule has 0 aliphatic heterocycles. The summed E-state index contributed by atoms with van der Waals surface area (Å²) in [4.78, 5) is 27.8. The fourth-order valence-electron chi connectivity index (χ4n) is 3.93. The standard InChI is InChI=1S/C22H27NO4S/c1-13(2)23(21(25)16-10-9-14(3)11-18(16)24)17-12-19(28-20(17)22(26)27)15-7-5-4-6-8-15/h4-8,12-14,16,18,24H,9-11H2,1-3H3,(H,26,27)/t14-,16-,18-/m0/s1. The summed E-state index contributed by atoms with van der Waals surface area (Å²) in [5.74, 6) is -1.32. The molecule has 5 nitrogen and oxygen atoms in total. The zero-order valence-corrected chi connectivity index (χ0v) is 17.3. The van der Waals surface area contributed by atoms with Crippen LogP contribution in [0.3, 0.4) is 0 Å². The molecular weight excluding hydrogens is 374 g/mol. The second kappa shape index (κ2) is 8.45. The molecule has 2 aromatic rings. The van der Waals surface area contributed by atoms with E-state index in [2.05, 4.69) is 6.92 Å². The SMILES string of the molecule is CC(C)N(C(=O)[C@H]1CC[C@H](C)C[C@@H]1O)c1cc(-c2ccccc2)sc1C(=O)O. The fraction of sp³-hybridized carbons (Fsp3) is 0.455. The maximum atomic E-state index is 13.4. The van der Waals surface area contributed by atoms with E-state index in [0.717, 1.165) is 16.9 Å². The maximum absolute atomic E-state index is 13.4. The summed E-state index contributed by atoms with van der Waals surface area (Å²) in [5.41, 5.74) is 1.34. The molecule has 150 valence electrons. The summed E-state index contributed by atoms with van der Waals surface area (Å²) in [7, 11) is 0. The van der Waals surface area contributed by atoms with Gasteiger partial charge in [0, 0.05) is 10.9 Å². The largest absolute Gasteiger partial charge is 0.477 e. The Hall–Kier alpha value is -2.18. The third-order valence-electron chi connectivity index (χ3n) is 5.37. The third kappa shape index (κ3) is 4.13. The van der Waals surface area contributed by atoms with Crippen LogP contribution in [0.25, 0.3) is 10.4 Å². The van der Waals surface area contributed by atoms with Crippen molar-refractivity contribution < 1.29 is 19.8 Å². The van der Waals surface area contributed by atoms with Crippen LogP contribution in [-0.2, 0) is 4.79 Å². The normalized spacial score (nSPS) is 22.2. The molecule has 0 unspecified atom stereocenters. The molecule has 3 atom stereocenters. The van der Waals surface area contributed by atoms with Gasteiger partial charge in [0.05, 0.1) is 17.7 Å². The average Bonchev–Trinajstić information content (AvgIpc) is 3.07. The summed E-state index contributed by atoms with van der Waals surface area (Å²) in [6, 6.07) is 11.1. The second-order valence-electron chi connectivity index (χ2n) is 7.89. The number of aromatic carboxylic acids is 1. The van der Waals surface area contributed by atoms with E-state index in [1.165, 1.54) is 11.3 Å². The molecule has 1 heterocycles. The highest BCUT2D eigenvalue weighted by molar-refractivity contribution is 7.18. The van der Waals surface area contributed by atoms with Crippen molar-refractivity contribution in [1.29, 1.82) is 0 Å². The van der Waals surface area contributed by atoms with Crippen LogP contribution in [0.1, 0.15) is 49.7 Å². The molecule has 3 rings (SSSR count). The van der Waals surface area contributed by atoms with Crippen molar-refractivity contribution in [3.05, 3.63) is 41.3 Å².